The van der Waals surface area contributed by atoms with Gasteiger partial charge in [-0.25, -0.2) is 23.1 Å². The van der Waals surface area contributed by atoms with Crippen LogP contribution in [0.2, 0.25) is 0 Å². The summed E-state index contributed by atoms with van der Waals surface area (Å²) in [6.45, 7) is -0.466. The van der Waals surface area contributed by atoms with Crippen LogP contribution in [0.3, 0.4) is 0 Å². The van der Waals surface area contributed by atoms with Gasteiger partial charge in [-0.15, -0.1) is 0 Å². The molecule has 0 saturated heterocycles. The molecule has 0 unspecified atom stereocenters. The van der Waals surface area contributed by atoms with Gasteiger partial charge in [0.1, 0.15) is 12.4 Å². The van der Waals surface area contributed by atoms with Crippen LogP contribution >= 0.6 is 15.9 Å². The number of hydrogen-bond donors (Lipinski definition) is 1. The molecule has 0 spiro atoms. The van der Waals surface area contributed by atoms with E-state index in [0.29, 0.717) is 0 Å². The van der Waals surface area contributed by atoms with Crippen molar-refractivity contribution >= 4 is 43.9 Å². The molecule has 0 aliphatic heterocycles. The van der Waals surface area contributed by atoms with Gasteiger partial charge in [0.25, 0.3) is 15.9 Å². The Morgan fingerprint density at radius 2 is 1.72 bits per heavy atom. The predicted octanol–water partition coefficient (Wildman–Crippen LogP) is 3.19. The van der Waals surface area contributed by atoms with Crippen molar-refractivity contribution in [3.63, 3.8) is 0 Å². The fraction of sp³-hybridized carbons (Fsp3) is 0.0500. The molecule has 0 bridgehead atoms. The van der Waals surface area contributed by atoms with Crippen LogP contribution < -0.4 is 9.73 Å². The molecule has 3 rings (SSSR count). The SMILES string of the molecule is O=C(CN(c1ccccn1)S(=O)(=O)c1ccccc1)N/N=C/c1ccc(Br)cc1. The van der Waals surface area contributed by atoms with Crippen LogP contribution in [-0.4, -0.2) is 32.1 Å². The van der Waals surface area contributed by atoms with Crippen molar-refractivity contribution < 1.29 is 13.2 Å². The fourth-order valence-corrected chi connectivity index (χ4v) is 4.06. The van der Waals surface area contributed by atoms with Crippen molar-refractivity contribution in [1.29, 1.82) is 0 Å². The van der Waals surface area contributed by atoms with Gasteiger partial charge in [-0.05, 0) is 42.0 Å². The lowest BCUT2D eigenvalue weighted by Gasteiger charge is -2.22. The van der Waals surface area contributed by atoms with Gasteiger partial charge >= 0.3 is 0 Å². The summed E-state index contributed by atoms with van der Waals surface area (Å²) < 4.78 is 28.0. The maximum absolute atomic E-state index is 13.1. The lowest BCUT2D eigenvalue weighted by molar-refractivity contribution is -0.119. The number of carbonyl (C=O) groups is 1. The molecular formula is C20H17BrN4O3S. The summed E-state index contributed by atoms with van der Waals surface area (Å²) in [5.74, 6) is -0.452. The first-order chi connectivity index (χ1) is 14.0. The fourth-order valence-electron chi connectivity index (χ4n) is 2.40. The Bertz CT molecular complexity index is 1090. The number of sulfonamides is 1. The first-order valence-corrected chi connectivity index (χ1v) is 10.8. The number of benzene rings is 2. The minimum atomic E-state index is -3.98. The normalized spacial score (nSPS) is 11.3. The molecule has 0 aliphatic carbocycles. The summed E-state index contributed by atoms with van der Waals surface area (Å²) in [5, 5.41) is 3.89. The third-order valence-corrected chi connectivity index (χ3v) is 6.09. The molecule has 2 aromatic carbocycles. The summed E-state index contributed by atoms with van der Waals surface area (Å²) in [4.78, 5) is 16.5. The highest BCUT2D eigenvalue weighted by Crippen LogP contribution is 2.21. The number of aromatic nitrogens is 1. The highest BCUT2D eigenvalue weighted by Gasteiger charge is 2.27. The lowest BCUT2D eigenvalue weighted by Crippen LogP contribution is -2.40. The maximum atomic E-state index is 13.1. The molecule has 3 aromatic rings. The first kappa shape index (κ1) is 20.7. The van der Waals surface area contributed by atoms with Crippen LogP contribution in [0.5, 0.6) is 0 Å². The van der Waals surface area contributed by atoms with E-state index in [0.717, 1.165) is 14.3 Å². The summed E-state index contributed by atoms with van der Waals surface area (Å²) in [6, 6.07) is 20.1. The van der Waals surface area contributed by atoms with Gasteiger partial charge in [-0.2, -0.15) is 5.10 Å². The minimum absolute atomic E-state index is 0.0665. The number of anilines is 1. The highest BCUT2D eigenvalue weighted by molar-refractivity contribution is 9.10. The van der Waals surface area contributed by atoms with E-state index in [9.17, 15) is 13.2 Å². The molecule has 7 nitrogen and oxygen atoms in total. The van der Waals surface area contributed by atoms with Crippen molar-refractivity contribution in [1.82, 2.24) is 10.4 Å². The van der Waals surface area contributed by atoms with Crippen LogP contribution in [0, 0.1) is 0 Å². The Kier molecular flexibility index (Phi) is 6.73. The van der Waals surface area contributed by atoms with Gasteiger partial charge in [0.05, 0.1) is 11.1 Å². The number of nitrogens with zero attached hydrogens (tertiary/aromatic N) is 3. The van der Waals surface area contributed by atoms with Gasteiger partial charge < -0.3 is 0 Å². The average molecular weight is 473 g/mol. The molecule has 0 fully saturated rings. The van der Waals surface area contributed by atoms with Crippen LogP contribution in [0.25, 0.3) is 0 Å². The van der Waals surface area contributed by atoms with E-state index in [1.807, 2.05) is 24.3 Å². The van der Waals surface area contributed by atoms with Crippen LogP contribution in [0.15, 0.2) is 93.5 Å². The zero-order chi connectivity index (χ0) is 20.7. The van der Waals surface area contributed by atoms with Crippen molar-refractivity contribution in [2.75, 3.05) is 10.8 Å². The Morgan fingerprint density at radius 3 is 2.38 bits per heavy atom. The third kappa shape index (κ3) is 5.49. The molecule has 1 heterocycles. The third-order valence-electron chi connectivity index (χ3n) is 3.80. The smallest absolute Gasteiger partial charge is 0.265 e. The van der Waals surface area contributed by atoms with Crippen LogP contribution in [0.4, 0.5) is 5.82 Å². The summed E-state index contributed by atoms with van der Waals surface area (Å²) in [7, 11) is -3.98. The molecular weight excluding hydrogens is 456 g/mol. The molecule has 0 saturated carbocycles. The second-order valence-corrected chi connectivity index (χ2v) is 8.64. The number of hydrazone groups is 1. The standard InChI is InChI=1S/C20H17BrN4O3S/c21-17-11-9-16(10-12-17)14-23-24-20(26)15-25(19-8-4-5-13-22-19)29(27,28)18-6-2-1-3-7-18/h1-14H,15H2,(H,24,26)/b23-14+. The van der Waals surface area contributed by atoms with E-state index in [-0.39, 0.29) is 10.7 Å². The lowest BCUT2D eigenvalue weighted by atomic mass is 10.2. The molecule has 1 aromatic heterocycles. The molecule has 9 heteroatoms. The topological polar surface area (TPSA) is 91.7 Å². The monoisotopic (exact) mass is 472 g/mol. The Hall–Kier alpha value is -3.04. The van der Waals surface area contributed by atoms with Crippen LogP contribution in [-0.2, 0) is 14.8 Å². The first-order valence-electron chi connectivity index (χ1n) is 8.53. The number of carbonyl (C=O) groups excluding carboxylic acids is 1. The van der Waals surface area contributed by atoms with Gasteiger partial charge in [0.15, 0.2) is 0 Å². The molecule has 0 radical (unpaired) electrons. The molecule has 0 aliphatic rings. The average Bonchev–Trinajstić information content (AvgIpc) is 2.74. The van der Waals surface area contributed by atoms with E-state index in [1.54, 1.807) is 30.3 Å². The zero-order valence-corrected chi connectivity index (χ0v) is 17.5. The van der Waals surface area contributed by atoms with E-state index < -0.39 is 22.5 Å². The molecule has 1 amide bonds. The molecule has 0 atom stereocenters. The van der Waals surface area contributed by atoms with Gasteiger partial charge in [0.2, 0.25) is 0 Å². The van der Waals surface area contributed by atoms with Crippen LogP contribution in [0.1, 0.15) is 5.56 Å². The van der Waals surface area contributed by atoms with E-state index in [4.69, 9.17) is 0 Å². The summed E-state index contributed by atoms with van der Waals surface area (Å²) in [5.41, 5.74) is 3.14. The van der Waals surface area contributed by atoms with Gasteiger partial charge in [-0.3, -0.25) is 4.79 Å². The van der Waals surface area contributed by atoms with Gasteiger partial charge in [0, 0.05) is 10.7 Å². The predicted molar refractivity (Wildman–Crippen MR) is 115 cm³/mol. The number of amides is 1. The maximum Gasteiger partial charge on any atom is 0.265 e. The second kappa shape index (κ2) is 9.44. The van der Waals surface area contributed by atoms with Gasteiger partial charge in [-0.1, -0.05) is 52.3 Å². The summed E-state index contributed by atoms with van der Waals surface area (Å²) in [6.07, 6.45) is 2.94. The van der Waals surface area contributed by atoms with Crippen molar-refractivity contribution in [3.8, 4) is 0 Å². The van der Waals surface area contributed by atoms with Crippen molar-refractivity contribution in [2.24, 2.45) is 5.10 Å². The van der Waals surface area contributed by atoms with Crippen molar-refractivity contribution in [3.05, 3.63) is 89.0 Å². The van der Waals surface area contributed by atoms with Crippen molar-refractivity contribution in [2.45, 2.75) is 4.90 Å². The Labute approximate surface area is 177 Å². The number of pyridine rings is 1. The van der Waals surface area contributed by atoms with E-state index >= 15 is 0 Å². The van der Waals surface area contributed by atoms with E-state index in [1.165, 1.54) is 30.6 Å². The minimum Gasteiger partial charge on any atom is -0.271 e. The highest BCUT2D eigenvalue weighted by atomic mass is 79.9. The number of rotatable bonds is 7. The Morgan fingerprint density at radius 1 is 1.03 bits per heavy atom. The molecule has 1 N–H and O–H groups in total. The Balaban J connectivity index is 1.78. The molecule has 29 heavy (non-hydrogen) atoms. The quantitative estimate of drug-likeness (QED) is 0.422. The zero-order valence-electron chi connectivity index (χ0n) is 15.1. The molecule has 148 valence electrons. The number of nitrogens with one attached hydrogen (secondary N) is 1. The number of halogens is 1. The number of hydrogen-bond acceptors (Lipinski definition) is 5. The second-order valence-electron chi connectivity index (χ2n) is 5.86. The summed E-state index contributed by atoms with van der Waals surface area (Å²) >= 11 is 3.34. The largest absolute Gasteiger partial charge is 0.271 e. The van der Waals surface area contributed by atoms with E-state index in [2.05, 4.69) is 31.4 Å².